The Hall–Kier alpha value is 0.0169. The molecular formula is C17H36O5Si. The lowest BCUT2D eigenvalue weighted by Crippen LogP contribution is -2.53. The Morgan fingerprint density at radius 2 is 1.43 bits per heavy atom. The molecule has 138 valence electrons. The molecule has 0 aromatic heterocycles. The van der Waals surface area contributed by atoms with Gasteiger partial charge in [0, 0.05) is 19.8 Å². The molecule has 6 heteroatoms. The van der Waals surface area contributed by atoms with Crippen molar-refractivity contribution in [3.05, 3.63) is 0 Å². The zero-order chi connectivity index (χ0) is 17.1. The minimum Gasteiger partial charge on any atom is -0.375 e. The molecule has 0 N–H and O–H groups in total. The van der Waals surface area contributed by atoms with Crippen LogP contribution in [0.4, 0.5) is 0 Å². The van der Waals surface area contributed by atoms with Crippen LogP contribution in [0.3, 0.4) is 0 Å². The van der Waals surface area contributed by atoms with Gasteiger partial charge in [-0.05, 0) is 25.7 Å². The van der Waals surface area contributed by atoms with Gasteiger partial charge in [-0.15, -0.1) is 0 Å². The molecule has 0 aromatic rings. The lowest BCUT2D eigenvalue weighted by molar-refractivity contribution is -0.00424. The van der Waals surface area contributed by atoms with Gasteiger partial charge in [0.1, 0.15) is 6.10 Å². The molecule has 0 aromatic carbocycles. The van der Waals surface area contributed by atoms with Gasteiger partial charge < -0.3 is 22.8 Å². The molecule has 0 spiro atoms. The van der Waals surface area contributed by atoms with Crippen molar-refractivity contribution in [1.29, 1.82) is 0 Å². The fraction of sp³-hybridized carbons (Fsp3) is 1.00. The molecule has 1 saturated heterocycles. The molecule has 3 unspecified atom stereocenters. The van der Waals surface area contributed by atoms with E-state index in [4.69, 9.17) is 22.8 Å². The summed E-state index contributed by atoms with van der Waals surface area (Å²) in [5, 5.41) is 0. The molecule has 1 fully saturated rings. The van der Waals surface area contributed by atoms with E-state index in [2.05, 4.69) is 34.6 Å². The van der Waals surface area contributed by atoms with E-state index in [1.54, 1.807) is 0 Å². The summed E-state index contributed by atoms with van der Waals surface area (Å²) in [5.74, 6) is 0. The average Bonchev–Trinajstić information content (AvgIpc) is 3.39. The second-order valence-electron chi connectivity index (χ2n) is 6.17. The van der Waals surface area contributed by atoms with Gasteiger partial charge in [0.05, 0.1) is 24.9 Å². The van der Waals surface area contributed by atoms with Crippen LogP contribution >= 0.6 is 0 Å². The Kier molecular flexibility index (Phi) is 10.6. The Morgan fingerprint density at radius 1 is 0.957 bits per heavy atom. The number of hydrogen-bond donors (Lipinski definition) is 0. The molecule has 0 radical (unpaired) electrons. The summed E-state index contributed by atoms with van der Waals surface area (Å²) in [6, 6.07) is 0. The second kappa shape index (κ2) is 11.6. The highest BCUT2D eigenvalue weighted by Gasteiger charge is 2.50. The highest BCUT2D eigenvalue weighted by atomic mass is 28.4. The first-order chi connectivity index (χ1) is 11.1. The molecule has 1 heterocycles. The molecule has 1 aliphatic rings. The van der Waals surface area contributed by atoms with Crippen LogP contribution in [0.25, 0.3) is 0 Å². The van der Waals surface area contributed by atoms with Crippen LogP contribution in [-0.2, 0) is 22.8 Å². The minimum absolute atomic E-state index is 0.0800. The van der Waals surface area contributed by atoms with Crippen molar-refractivity contribution < 1.29 is 22.8 Å². The van der Waals surface area contributed by atoms with Crippen molar-refractivity contribution in [1.82, 2.24) is 0 Å². The molecule has 5 nitrogen and oxygen atoms in total. The SMILES string of the molecule is CCCO[Si](OCCC)(OCCC)C(C)C(CC)OCC1CO1. The van der Waals surface area contributed by atoms with Gasteiger partial charge in [0.25, 0.3) is 0 Å². The van der Waals surface area contributed by atoms with E-state index in [0.717, 1.165) is 32.3 Å². The van der Waals surface area contributed by atoms with Gasteiger partial charge in [0.15, 0.2) is 0 Å². The van der Waals surface area contributed by atoms with Crippen molar-refractivity contribution in [3.8, 4) is 0 Å². The first kappa shape index (κ1) is 21.1. The number of ether oxygens (including phenoxy) is 2. The standard InChI is InChI=1S/C17H36O5Si/c1-6-10-20-23(21-11-7-2,22-12-8-3)15(5)17(9-4)19-14-16-13-18-16/h15-17H,6-14H2,1-5H3. The van der Waals surface area contributed by atoms with Crippen molar-refractivity contribution >= 4 is 8.80 Å². The van der Waals surface area contributed by atoms with Crippen LogP contribution in [-0.4, -0.2) is 54.0 Å². The van der Waals surface area contributed by atoms with Crippen molar-refractivity contribution in [2.45, 2.75) is 78.1 Å². The molecule has 0 amide bonds. The quantitative estimate of drug-likeness (QED) is 0.333. The molecule has 3 atom stereocenters. The van der Waals surface area contributed by atoms with Gasteiger partial charge in [-0.3, -0.25) is 0 Å². The monoisotopic (exact) mass is 348 g/mol. The van der Waals surface area contributed by atoms with E-state index >= 15 is 0 Å². The van der Waals surface area contributed by atoms with E-state index in [9.17, 15) is 0 Å². The van der Waals surface area contributed by atoms with Crippen LogP contribution in [0.1, 0.15) is 60.3 Å². The summed E-state index contributed by atoms with van der Waals surface area (Å²) in [6.07, 6.45) is 4.15. The predicted molar refractivity (Wildman–Crippen MR) is 93.7 cm³/mol. The Bertz CT molecular complexity index is 277. The summed E-state index contributed by atoms with van der Waals surface area (Å²) in [4.78, 5) is 0. The maximum Gasteiger partial charge on any atom is 0.506 e. The van der Waals surface area contributed by atoms with Crippen LogP contribution in [0.15, 0.2) is 0 Å². The third-order valence-electron chi connectivity index (χ3n) is 3.94. The lowest BCUT2D eigenvalue weighted by atomic mass is 10.2. The minimum atomic E-state index is -2.76. The lowest BCUT2D eigenvalue weighted by Gasteiger charge is -2.37. The van der Waals surface area contributed by atoms with Crippen LogP contribution in [0.2, 0.25) is 5.54 Å². The topological polar surface area (TPSA) is 49.5 Å². The zero-order valence-electron chi connectivity index (χ0n) is 15.6. The molecule has 0 saturated carbocycles. The van der Waals surface area contributed by atoms with Gasteiger partial charge in [-0.2, -0.15) is 0 Å². The van der Waals surface area contributed by atoms with Crippen molar-refractivity contribution in [2.75, 3.05) is 33.0 Å². The Labute approximate surface area is 143 Å². The summed E-state index contributed by atoms with van der Waals surface area (Å²) in [7, 11) is -2.76. The largest absolute Gasteiger partial charge is 0.506 e. The highest BCUT2D eigenvalue weighted by molar-refractivity contribution is 6.62. The molecule has 1 rings (SSSR count). The average molecular weight is 349 g/mol. The maximum atomic E-state index is 6.23. The van der Waals surface area contributed by atoms with E-state index in [1.807, 2.05) is 0 Å². The Morgan fingerprint density at radius 3 is 1.78 bits per heavy atom. The molecule has 0 bridgehead atoms. The zero-order valence-corrected chi connectivity index (χ0v) is 16.6. The van der Waals surface area contributed by atoms with Crippen LogP contribution < -0.4 is 0 Å². The van der Waals surface area contributed by atoms with Gasteiger partial charge >= 0.3 is 8.80 Å². The summed E-state index contributed by atoms with van der Waals surface area (Å²) < 4.78 is 30.0. The molecule has 1 aliphatic heterocycles. The first-order valence-corrected chi connectivity index (χ1v) is 11.1. The predicted octanol–water partition coefficient (Wildman–Crippen LogP) is 3.79. The molecule has 0 aliphatic carbocycles. The normalized spacial score (nSPS) is 20.5. The number of hydrogen-bond acceptors (Lipinski definition) is 5. The number of rotatable bonds is 15. The molecule has 23 heavy (non-hydrogen) atoms. The summed E-state index contributed by atoms with van der Waals surface area (Å²) >= 11 is 0. The van der Waals surface area contributed by atoms with Crippen molar-refractivity contribution in [3.63, 3.8) is 0 Å². The van der Waals surface area contributed by atoms with Crippen LogP contribution in [0, 0.1) is 0 Å². The van der Waals surface area contributed by atoms with Crippen LogP contribution in [0.5, 0.6) is 0 Å². The van der Waals surface area contributed by atoms with Crippen molar-refractivity contribution in [2.24, 2.45) is 0 Å². The second-order valence-corrected chi connectivity index (χ2v) is 9.16. The smallest absolute Gasteiger partial charge is 0.375 e. The van der Waals surface area contributed by atoms with E-state index < -0.39 is 8.80 Å². The first-order valence-electron chi connectivity index (χ1n) is 9.28. The third-order valence-corrected chi connectivity index (χ3v) is 7.25. The van der Waals surface area contributed by atoms with Gasteiger partial charge in [0.2, 0.25) is 0 Å². The summed E-state index contributed by atoms with van der Waals surface area (Å²) in [6.45, 7) is 14.1. The fourth-order valence-corrected chi connectivity index (χ4v) is 5.78. The fourth-order valence-electron chi connectivity index (χ4n) is 2.49. The van der Waals surface area contributed by atoms with Gasteiger partial charge in [-0.25, -0.2) is 0 Å². The highest BCUT2D eigenvalue weighted by Crippen LogP contribution is 2.33. The molecular weight excluding hydrogens is 312 g/mol. The van der Waals surface area contributed by atoms with E-state index in [1.165, 1.54) is 0 Å². The Balaban J connectivity index is 2.79. The van der Waals surface area contributed by atoms with E-state index in [-0.39, 0.29) is 17.7 Å². The third kappa shape index (κ3) is 7.19. The summed E-state index contributed by atoms with van der Waals surface area (Å²) in [5.41, 5.74) is 0.121. The maximum absolute atomic E-state index is 6.23. The van der Waals surface area contributed by atoms with E-state index in [0.29, 0.717) is 26.4 Å². The van der Waals surface area contributed by atoms with Gasteiger partial charge in [-0.1, -0.05) is 34.6 Å². The number of epoxide rings is 1.